The van der Waals surface area contributed by atoms with Crippen molar-refractivity contribution in [1.29, 1.82) is 0 Å². The minimum atomic E-state index is -0.431. The van der Waals surface area contributed by atoms with Crippen LogP contribution in [0.15, 0.2) is 12.3 Å². The van der Waals surface area contributed by atoms with Crippen molar-refractivity contribution in [3.8, 4) is 0 Å². The van der Waals surface area contributed by atoms with E-state index < -0.39 is 5.97 Å². The molecule has 0 saturated heterocycles. The van der Waals surface area contributed by atoms with E-state index in [0.717, 1.165) is 5.82 Å². The molecule has 0 aromatic carbocycles. The number of aromatic nitrogens is 3. The smallest absolute Gasteiger partial charge is 0.339 e. The summed E-state index contributed by atoms with van der Waals surface area (Å²) in [5.41, 5.74) is 0.931. The van der Waals surface area contributed by atoms with Gasteiger partial charge >= 0.3 is 5.97 Å². The van der Waals surface area contributed by atoms with Crippen molar-refractivity contribution in [1.82, 2.24) is 14.6 Å². The van der Waals surface area contributed by atoms with Crippen LogP contribution in [0.5, 0.6) is 0 Å². The van der Waals surface area contributed by atoms with Crippen LogP contribution < -0.4 is 0 Å². The first-order valence-electron chi connectivity index (χ1n) is 4.78. The minimum absolute atomic E-state index is 0.384. The molecular formula is C10H10ClN3O2. The van der Waals surface area contributed by atoms with Crippen molar-refractivity contribution in [2.45, 2.75) is 13.3 Å². The third kappa shape index (κ3) is 1.63. The van der Waals surface area contributed by atoms with Gasteiger partial charge in [-0.2, -0.15) is 0 Å². The fraction of sp³-hybridized carbons (Fsp3) is 0.300. The molecule has 2 rings (SSSR count). The number of carbonyl (C=O) groups excluding carboxylic acids is 1. The second-order valence-corrected chi connectivity index (χ2v) is 3.64. The number of carbonyl (C=O) groups is 1. The van der Waals surface area contributed by atoms with Crippen molar-refractivity contribution >= 4 is 23.2 Å². The molecule has 0 atom stereocenters. The van der Waals surface area contributed by atoms with Crippen LogP contribution in [-0.4, -0.2) is 27.7 Å². The van der Waals surface area contributed by atoms with Gasteiger partial charge in [0.25, 0.3) is 0 Å². The summed E-state index contributed by atoms with van der Waals surface area (Å²) in [6, 6.07) is 1.52. The second kappa shape index (κ2) is 4.09. The zero-order chi connectivity index (χ0) is 11.7. The molecule has 16 heavy (non-hydrogen) atoms. The Balaban J connectivity index is 2.68. The second-order valence-electron chi connectivity index (χ2n) is 3.23. The third-order valence-electron chi connectivity index (χ3n) is 2.27. The molecular weight excluding hydrogens is 230 g/mol. The highest BCUT2D eigenvalue weighted by Crippen LogP contribution is 2.19. The summed E-state index contributed by atoms with van der Waals surface area (Å²) in [7, 11) is 1.33. The highest BCUT2D eigenvalue weighted by atomic mass is 35.5. The lowest BCUT2D eigenvalue weighted by Crippen LogP contribution is -2.04. The summed E-state index contributed by atoms with van der Waals surface area (Å²) < 4.78 is 6.34. The van der Waals surface area contributed by atoms with Crippen LogP contribution in [0.25, 0.3) is 5.65 Å². The predicted octanol–water partition coefficient (Wildman–Crippen LogP) is 1.73. The molecule has 0 amide bonds. The van der Waals surface area contributed by atoms with Gasteiger partial charge in [-0.05, 0) is 6.07 Å². The number of pyridine rings is 1. The van der Waals surface area contributed by atoms with Gasteiger partial charge in [0.05, 0.1) is 17.7 Å². The van der Waals surface area contributed by atoms with Crippen LogP contribution in [0.2, 0.25) is 5.02 Å². The van der Waals surface area contributed by atoms with Crippen molar-refractivity contribution in [2.24, 2.45) is 0 Å². The summed E-state index contributed by atoms with van der Waals surface area (Å²) in [6.45, 7) is 1.95. The maximum absolute atomic E-state index is 11.4. The first-order valence-corrected chi connectivity index (χ1v) is 5.16. The SMILES string of the molecule is CCc1nnc2c(Cl)cc(C(=O)OC)cn12. The molecule has 6 heteroatoms. The van der Waals surface area contributed by atoms with Crippen molar-refractivity contribution in [3.05, 3.63) is 28.7 Å². The van der Waals surface area contributed by atoms with E-state index in [1.165, 1.54) is 13.2 Å². The standard InChI is InChI=1S/C10H10ClN3O2/c1-3-8-12-13-9-7(11)4-6(5-14(8)9)10(15)16-2/h4-5H,3H2,1-2H3. The van der Waals surface area contributed by atoms with E-state index in [-0.39, 0.29) is 0 Å². The number of hydrogen-bond donors (Lipinski definition) is 0. The molecule has 0 saturated carbocycles. The fourth-order valence-electron chi connectivity index (χ4n) is 1.47. The Hall–Kier alpha value is -1.62. The average Bonchev–Trinajstić information content (AvgIpc) is 2.71. The summed E-state index contributed by atoms with van der Waals surface area (Å²) in [4.78, 5) is 11.4. The first kappa shape index (κ1) is 10.9. The lowest BCUT2D eigenvalue weighted by molar-refractivity contribution is 0.0600. The van der Waals surface area contributed by atoms with E-state index in [9.17, 15) is 4.79 Å². The van der Waals surface area contributed by atoms with E-state index >= 15 is 0 Å². The van der Waals surface area contributed by atoms with Gasteiger partial charge in [0, 0.05) is 12.6 Å². The Labute approximate surface area is 97.0 Å². The van der Waals surface area contributed by atoms with Crippen LogP contribution in [0.3, 0.4) is 0 Å². The van der Waals surface area contributed by atoms with Gasteiger partial charge in [-0.25, -0.2) is 4.79 Å². The normalized spacial score (nSPS) is 10.7. The molecule has 0 aliphatic rings. The molecule has 0 aliphatic carbocycles. The van der Waals surface area contributed by atoms with E-state index in [1.54, 1.807) is 10.6 Å². The molecule has 0 fully saturated rings. The molecule has 0 N–H and O–H groups in total. The molecule has 2 aromatic heterocycles. The first-order chi connectivity index (χ1) is 7.67. The molecule has 0 radical (unpaired) electrons. The molecule has 0 bridgehead atoms. The van der Waals surface area contributed by atoms with Gasteiger partial charge in [0.2, 0.25) is 0 Å². The highest BCUT2D eigenvalue weighted by Gasteiger charge is 2.13. The van der Waals surface area contributed by atoms with Gasteiger partial charge < -0.3 is 4.74 Å². The number of aryl methyl sites for hydroxylation is 1. The minimum Gasteiger partial charge on any atom is -0.465 e. The summed E-state index contributed by atoms with van der Waals surface area (Å²) in [5.74, 6) is 0.321. The van der Waals surface area contributed by atoms with E-state index in [0.29, 0.717) is 22.7 Å². The Morgan fingerprint density at radius 3 is 2.94 bits per heavy atom. The Morgan fingerprint density at radius 1 is 1.56 bits per heavy atom. The number of rotatable bonds is 2. The molecule has 5 nitrogen and oxygen atoms in total. The summed E-state index contributed by atoms with van der Waals surface area (Å²) >= 11 is 6.00. The molecule has 0 aliphatic heterocycles. The number of hydrogen-bond acceptors (Lipinski definition) is 4. The molecule has 2 aromatic rings. The quantitative estimate of drug-likeness (QED) is 0.749. The summed E-state index contributed by atoms with van der Waals surface area (Å²) in [6.07, 6.45) is 2.34. The third-order valence-corrected chi connectivity index (χ3v) is 2.55. The van der Waals surface area contributed by atoms with Gasteiger partial charge in [-0.1, -0.05) is 18.5 Å². The number of ether oxygens (including phenoxy) is 1. The van der Waals surface area contributed by atoms with E-state index in [1.807, 2.05) is 6.92 Å². The zero-order valence-electron chi connectivity index (χ0n) is 8.90. The number of fused-ring (bicyclic) bond motifs is 1. The maximum atomic E-state index is 11.4. The van der Waals surface area contributed by atoms with Gasteiger partial charge in [-0.15, -0.1) is 10.2 Å². The van der Waals surface area contributed by atoms with E-state index in [4.69, 9.17) is 11.6 Å². The number of esters is 1. The van der Waals surface area contributed by atoms with Crippen LogP contribution in [-0.2, 0) is 11.2 Å². The largest absolute Gasteiger partial charge is 0.465 e. The van der Waals surface area contributed by atoms with Gasteiger partial charge in [0.1, 0.15) is 5.82 Å². The Bertz CT molecular complexity index is 550. The fourth-order valence-corrected chi connectivity index (χ4v) is 1.72. The molecule has 0 spiro atoms. The van der Waals surface area contributed by atoms with Gasteiger partial charge in [0.15, 0.2) is 5.65 Å². The number of halogens is 1. The highest BCUT2D eigenvalue weighted by molar-refractivity contribution is 6.33. The number of methoxy groups -OCH3 is 1. The lowest BCUT2D eigenvalue weighted by atomic mass is 10.3. The van der Waals surface area contributed by atoms with Crippen molar-refractivity contribution < 1.29 is 9.53 Å². The van der Waals surface area contributed by atoms with Crippen LogP contribution in [0.1, 0.15) is 23.1 Å². The molecule has 0 unspecified atom stereocenters. The number of nitrogens with zero attached hydrogens (tertiary/aromatic N) is 3. The lowest BCUT2D eigenvalue weighted by Gasteiger charge is -2.03. The Morgan fingerprint density at radius 2 is 2.31 bits per heavy atom. The van der Waals surface area contributed by atoms with Gasteiger partial charge in [-0.3, -0.25) is 4.40 Å². The Kier molecular flexibility index (Phi) is 2.78. The topological polar surface area (TPSA) is 56.5 Å². The maximum Gasteiger partial charge on any atom is 0.339 e. The van der Waals surface area contributed by atoms with E-state index in [2.05, 4.69) is 14.9 Å². The van der Waals surface area contributed by atoms with Crippen LogP contribution in [0, 0.1) is 0 Å². The molecule has 2 heterocycles. The van der Waals surface area contributed by atoms with Crippen molar-refractivity contribution in [3.63, 3.8) is 0 Å². The predicted molar refractivity (Wildman–Crippen MR) is 58.7 cm³/mol. The molecule has 84 valence electrons. The zero-order valence-corrected chi connectivity index (χ0v) is 9.65. The monoisotopic (exact) mass is 239 g/mol. The van der Waals surface area contributed by atoms with Crippen LogP contribution >= 0.6 is 11.6 Å². The average molecular weight is 240 g/mol. The van der Waals surface area contributed by atoms with Crippen LogP contribution in [0.4, 0.5) is 0 Å². The summed E-state index contributed by atoms with van der Waals surface area (Å²) in [5, 5.41) is 8.31. The van der Waals surface area contributed by atoms with Crippen molar-refractivity contribution in [2.75, 3.05) is 7.11 Å².